The molecule has 0 aromatic carbocycles. The summed E-state index contributed by atoms with van der Waals surface area (Å²) in [5, 5.41) is 15.5. The molecule has 15 nitrogen and oxygen atoms in total. The van der Waals surface area contributed by atoms with Crippen molar-refractivity contribution in [2.45, 2.75) is 0 Å². The van der Waals surface area contributed by atoms with Gasteiger partial charge >= 0.3 is 34.7 Å². The first-order valence-corrected chi connectivity index (χ1v) is 6.37. The maximum Gasteiger partial charge on any atom is 3.00 e. The van der Waals surface area contributed by atoms with Crippen LogP contribution in [0.25, 0.3) is 0 Å². The Labute approximate surface area is 134 Å². The Balaban J connectivity index is -0.0000000321. The molecule has 0 aromatic heterocycles. The summed E-state index contributed by atoms with van der Waals surface area (Å²) < 4.78 is 102. The van der Waals surface area contributed by atoms with E-state index in [0.717, 1.165) is 0 Å². The third kappa shape index (κ3) is 18600. The molecule has 0 saturated carbocycles. The fourth-order valence-electron chi connectivity index (χ4n) is 0. The molecule has 20 heteroatoms. The van der Waals surface area contributed by atoms with Crippen molar-refractivity contribution < 1.29 is 68.1 Å². The minimum absolute atomic E-state index is 0. The van der Waals surface area contributed by atoms with Crippen LogP contribution in [0.1, 0.15) is 0 Å². The van der Waals surface area contributed by atoms with Gasteiger partial charge in [0.1, 0.15) is 0 Å². The molecule has 0 saturated heterocycles. The molecule has 0 aliphatic carbocycles. The van der Waals surface area contributed by atoms with Crippen LogP contribution in [0.5, 0.6) is 0 Å². The zero-order valence-corrected chi connectivity index (χ0v) is 13.3. The molecule has 0 heterocycles. The Morgan fingerprint density at radius 1 is 0.550 bits per heavy atom. The fraction of sp³-hybridized carbons (Fsp3) is 0. The summed E-state index contributed by atoms with van der Waals surface area (Å²) in [7, 11) is -15.5. The molecule has 0 aromatic rings. The molecular formula is H2Al2O15S3. The molecule has 20 heavy (non-hydrogen) atoms. The second kappa shape index (κ2) is 17.6. The second-order valence-electron chi connectivity index (χ2n) is 1.31. The molecule has 0 aliphatic heterocycles. The van der Waals surface area contributed by atoms with Crippen LogP contribution in [0, 0.1) is 0 Å². The van der Waals surface area contributed by atoms with Gasteiger partial charge in [-0.15, -0.1) is 0 Å². The van der Waals surface area contributed by atoms with E-state index in [1.807, 2.05) is 0 Å². The SMILES string of the molecule is O=S(=O)([O-])[O-].O=S(=O)([O-])[O-].O=S(=O)([O-])[O-].OOO.[Al+3].[Al+3]. The molecule has 0 atom stereocenters. The summed E-state index contributed by atoms with van der Waals surface area (Å²) in [6, 6.07) is 0. The summed E-state index contributed by atoms with van der Waals surface area (Å²) in [4.78, 5) is 0. The van der Waals surface area contributed by atoms with Gasteiger partial charge in [-0.3, -0.25) is 25.3 Å². The number of hydrogen-bond donors (Lipinski definition) is 2. The van der Waals surface area contributed by atoms with Gasteiger partial charge in [-0.1, -0.05) is 5.04 Å². The summed E-state index contributed by atoms with van der Waals surface area (Å²) in [6.45, 7) is 0. The number of rotatable bonds is 0. The Hall–Kier alpha value is 0.555. The molecule has 116 valence electrons. The molecule has 0 rings (SSSR count). The van der Waals surface area contributed by atoms with Gasteiger partial charge in [-0.05, 0) is 0 Å². The third-order valence-corrected chi connectivity index (χ3v) is 0. The monoisotopic (exact) mass is 392 g/mol. The van der Waals surface area contributed by atoms with Crippen LogP contribution in [0.15, 0.2) is 0 Å². The zero-order chi connectivity index (χ0) is 16.2. The van der Waals surface area contributed by atoms with E-state index in [-0.39, 0.29) is 34.7 Å². The Kier molecular flexibility index (Phi) is 32.7. The van der Waals surface area contributed by atoms with Crippen LogP contribution in [0.2, 0.25) is 0 Å². The van der Waals surface area contributed by atoms with Gasteiger partial charge in [-0.25, -0.2) is 10.5 Å². The van der Waals surface area contributed by atoms with Gasteiger partial charge in [0.2, 0.25) is 0 Å². The smallest absolute Gasteiger partial charge is 0.759 e. The molecule has 2 N–H and O–H groups in total. The average molecular weight is 392 g/mol. The van der Waals surface area contributed by atoms with Crippen LogP contribution in [-0.4, -0.2) is 97.8 Å². The normalized spacial score (nSPS) is 9.60. The Morgan fingerprint density at radius 3 is 0.550 bits per heavy atom. The standard InChI is InChI=1S/2Al.3H2O4S.H2O3/c;;3*1-5(2,3)4;1-3-2/h;;3*(H2,1,2,3,4);1-2H/q2*+3;;;;/p-6. The van der Waals surface area contributed by atoms with Crippen molar-refractivity contribution in [1.82, 2.24) is 0 Å². The van der Waals surface area contributed by atoms with Crippen LogP contribution in [-0.2, 0) is 36.2 Å². The Morgan fingerprint density at radius 2 is 0.550 bits per heavy atom. The van der Waals surface area contributed by atoms with E-state index in [2.05, 4.69) is 5.04 Å². The molecule has 0 spiro atoms. The summed E-state index contributed by atoms with van der Waals surface area (Å²) in [5.41, 5.74) is 0. The van der Waals surface area contributed by atoms with Gasteiger partial charge in [0.25, 0.3) is 0 Å². The van der Waals surface area contributed by atoms with Crippen molar-refractivity contribution >= 4 is 65.9 Å². The van der Waals surface area contributed by atoms with Crippen LogP contribution in [0.3, 0.4) is 0 Å². The van der Waals surface area contributed by atoms with Crippen molar-refractivity contribution in [3.8, 4) is 0 Å². The van der Waals surface area contributed by atoms with Gasteiger partial charge in [0.15, 0.2) is 0 Å². The topological polar surface area (TPSA) is 290 Å². The molecule has 0 amide bonds. The quantitative estimate of drug-likeness (QED) is 0.128. The summed E-state index contributed by atoms with van der Waals surface area (Å²) in [5.74, 6) is 0. The van der Waals surface area contributed by atoms with E-state index in [0.29, 0.717) is 0 Å². The molecule has 0 aliphatic rings. The van der Waals surface area contributed by atoms with Crippen molar-refractivity contribution in [2.24, 2.45) is 0 Å². The molecule has 0 bridgehead atoms. The van der Waals surface area contributed by atoms with E-state index < -0.39 is 31.2 Å². The first kappa shape index (κ1) is 37.1. The van der Waals surface area contributed by atoms with Crippen LogP contribution >= 0.6 is 0 Å². The molecule has 0 radical (unpaired) electrons. The fourth-order valence-corrected chi connectivity index (χ4v) is 0. The van der Waals surface area contributed by atoms with E-state index in [1.54, 1.807) is 0 Å². The second-order valence-corrected chi connectivity index (χ2v) is 3.76. The Bertz CT molecular complexity index is 356. The van der Waals surface area contributed by atoms with Crippen molar-refractivity contribution in [3.63, 3.8) is 0 Å². The minimum Gasteiger partial charge on any atom is -0.759 e. The van der Waals surface area contributed by atoms with E-state index in [4.69, 9.17) is 63.1 Å². The molecule has 0 fully saturated rings. The first-order chi connectivity index (χ1) is 7.41. The van der Waals surface area contributed by atoms with Crippen molar-refractivity contribution in [2.75, 3.05) is 0 Å². The maximum absolute atomic E-state index is 8.52. The predicted octanol–water partition coefficient (Wildman–Crippen LogP) is -4.83. The zero-order valence-electron chi connectivity index (χ0n) is 8.58. The van der Waals surface area contributed by atoms with E-state index in [1.165, 1.54) is 0 Å². The van der Waals surface area contributed by atoms with Crippen LogP contribution < -0.4 is 0 Å². The maximum atomic E-state index is 8.52. The summed E-state index contributed by atoms with van der Waals surface area (Å²) in [6.07, 6.45) is 0. The van der Waals surface area contributed by atoms with Crippen molar-refractivity contribution in [1.29, 1.82) is 0 Å². The average Bonchev–Trinajstić information content (AvgIpc) is 1.71. The molecule has 0 unspecified atom stereocenters. The number of hydrogen-bond acceptors (Lipinski definition) is 15. The first-order valence-electron chi connectivity index (χ1n) is 2.37. The van der Waals surface area contributed by atoms with Gasteiger partial charge in [-0.2, -0.15) is 0 Å². The summed E-state index contributed by atoms with van der Waals surface area (Å²) >= 11 is 0. The van der Waals surface area contributed by atoms with Gasteiger partial charge in [0.05, 0.1) is 0 Å². The van der Waals surface area contributed by atoms with Crippen molar-refractivity contribution in [3.05, 3.63) is 0 Å². The largest absolute Gasteiger partial charge is 3.00 e. The van der Waals surface area contributed by atoms with Crippen LogP contribution in [0.4, 0.5) is 0 Å². The van der Waals surface area contributed by atoms with Gasteiger partial charge in [0, 0.05) is 31.2 Å². The van der Waals surface area contributed by atoms with E-state index in [9.17, 15) is 0 Å². The van der Waals surface area contributed by atoms with E-state index >= 15 is 0 Å². The minimum atomic E-state index is -5.17. The molecular weight excluding hydrogens is 390 g/mol. The third-order valence-electron chi connectivity index (χ3n) is 0. The predicted molar refractivity (Wildman–Crippen MR) is 49.3 cm³/mol. The van der Waals surface area contributed by atoms with Gasteiger partial charge < -0.3 is 27.3 Å².